The standard InChI is InChI=1S/C12H10ClN3O2/c1-18-12(17)11(15-16-14)8-7-10(13)9-5-3-2-4-6-9/h2-8H,1H3/b10-7-,11-8-. The lowest BCUT2D eigenvalue weighted by Crippen LogP contribution is -2.01. The summed E-state index contributed by atoms with van der Waals surface area (Å²) in [6, 6.07) is 9.17. The summed E-state index contributed by atoms with van der Waals surface area (Å²) in [5.74, 6) is -0.721. The zero-order valence-corrected chi connectivity index (χ0v) is 10.3. The first kappa shape index (κ1) is 13.8. The highest BCUT2D eigenvalue weighted by molar-refractivity contribution is 6.48. The lowest BCUT2D eigenvalue weighted by molar-refractivity contribution is -0.136. The molecule has 0 aliphatic heterocycles. The van der Waals surface area contributed by atoms with Crippen molar-refractivity contribution >= 4 is 22.6 Å². The van der Waals surface area contributed by atoms with Crippen molar-refractivity contribution in [1.29, 1.82) is 0 Å². The van der Waals surface area contributed by atoms with Crippen molar-refractivity contribution in [1.82, 2.24) is 0 Å². The number of hydrogen-bond donors (Lipinski definition) is 0. The van der Waals surface area contributed by atoms with E-state index in [0.717, 1.165) is 5.56 Å². The number of ether oxygens (including phenoxy) is 1. The van der Waals surface area contributed by atoms with Crippen LogP contribution >= 0.6 is 11.6 Å². The molecule has 0 aliphatic carbocycles. The third-order valence-corrected chi connectivity index (χ3v) is 2.33. The molecular weight excluding hydrogens is 254 g/mol. The Kier molecular flexibility index (Phi) is 5.51. The summed E-state index contributed by atoms with van der Waals surface area (Å²) >= 11 is 6.03. The fourth-order valence-corrected chi connectivity index (χ4v) is 1.33. The topological polar surface area (TPSA) is 75.1 Å². The van der Waals surface area contributed by atoms with Gasteiger partial charge in [0.15, 0.2) is 0 Å². The number of allylic oxidation sites excluding steroid dienone is 2. The number of hydrogen-bond acceptors (Lipinski definition) is 3. The Bertz CT molecular complexity index is 532. The fourth-order valence-electron chi connectivity index (χ4n) is 1.14. The van der Waals surface area contributed by atoms with E-state index >= 15 is 0 Å². The molecule has 0 spiro atoms. The molecule has 18 heavy (non-hydrogen) atoms. The SMILES string of the molecule is COC(=O)/C(=C/C=C(\Cl)c1ccccc1)N=[N+]=[N-]. The Morgan fingerprint density at radius 3 is 2.61 bits per heavy atom. The first-order chi connectivity index (χ1) is 8.69. The lowest BCUT2D eigenvalue weighted by Gasteiger charge is -1.98. The zero-order valence-electron chi connectivity index (χ0n) is 9.58. The van der Waals surface area contributed by atoms with Crippen LogP contribution in [0.1, 0.15) is 5.56 Å². The molecule has 1 aromatic carbocycles. The van der Waals surface area contributed by atoms with Crippen LogP contribution < -0.4 is 0 Å². The molecule has 0 amide bonds. The van der Waals surface area contributed by atoms with E-state index < -0.39 is 5.97 Å². The molecule has 5 nitrogen and oxygen atoms in total. The van der Waals surface area contributed by atoms with E-state index in [1.165, 1.54) is 19.3 Å². The molecule has 1 aromatic rings. The van der Waals surface area contributed by atoms with Gasteiger partial charge in [-0.1, -0.05) is 47.0 Å². The molecule has 6 heteroatoms. The predicted molar refractivity (Wildman–Crippen MR) is 69.5 cm³/mol. The first-order valence-corrected chi connectivity index (χ1v) is 5.33. The van der Waals surface area contributed by atoms with Crippen LogP contribution in [0.2, 0.25) is 0 Å². The lowest BCUT2D eigenvalue weighted by atomic mass is 10.2. The van der Waals surface area contributed by atoms with Crippen LogP contribution in [-0.4, -0.2) is 13.1 Å². The Morgan fingerprint density at radius 1 is 1.39 bits per heavy atom. The Hall–Kier alpha value is -2.23. The van der Waals surface area contributed by atoms with Crippen molar-refractivity contribution in [2.45, 2.75) is 0 Å². The Labute approximate surface area is 109 Å². The highest BCUT2D eigenvalue weighted by atomic mass is 35.5. The van der Waals surface area contributed by atoms with Gasteiger partial charge in [-0.3, -0.25) is 0 Å². The molecule has 0 bridgehead atoms. The third kappa shape index (κ3) is 3.97. The van der Waals surface area contributed by atoms with Gasteiger partial charge >= 0.3 is 5.97 Å². The Morgan fingerprint density at radius 2 is 2.06 bits per heavy atom. The summed E-state index contributed by atoms with van der Waals surface area (Å²) in [6.07, 6.45) is 2.78. The van der Waals surface area contributed by atoms with Crippen molar-refractivity contribution in [3.05, 3.63) is 64.2 Å². The van der Waals surface area contributed by atoms with Gasteiger partial charge < -0.3 is 4.74 Å². The van der Waals surface area contributed by atoms with Gasteiger partial charge in [0.2, 0.25) is 0 Å². The average molecular weight is 264 g/mol. The number of carbonyl (C=O) groups excluding carboxylic acids is 1. The second kappa shape index (κ2) is 7.17. The summed E-state index contributed by atoms with van der Waals surface area (Å²) in [5, 5.41) is 3.65. The van der Waals surface area contributed by atoms with Gasteiger partial charge in [-0.15, -0.1) is 0 Å². The van der Waals surface area contributed by atoms with Crippen LogP contribution in [0.3, 0.4) is 0 Å². The summed E-state index contributed by atoms with van der Waals surface area (Å²) < 4.78 is 4.46. The predicted octanol–water partition coefficient (Wildman–Crippen LogP) is 3.63. The van der Waals surface area contributed by atoms with E-state index in [-0.39, 0.29) is 5.70 Å². The monoisotopic (exact) mass is 263 g/mol. The number of nitrogens with zero attached hydrogens (tertiary/aromatic N) is 3. The number of azide groups is 1. The molecule has 1 rings (SSSR count). The van der Waals surface area contributed by atoms with Gasteiger partial charge in [-0.25, -0.2) is 4.79 Å². The van der Waals surface area contributed by atoms with Crippen molar-refractivity contribution in [3.8, 4) is 0 Å². The molecule has 92 valence electrons. The molecule has 0 saturated carbocycles. The minimum atomic E-state index is -0.721. The molecule has 0 N–H and O–H groups in total. The fraction of sp³-hybridized carbons (Fsp3) is 0.0833. The summed E-state index contributed by atoms with van der Waals surface area (Å²) in [4.78, 5) is 13.8. The second-order valence-electron chi connectivity index (χ2n) is 3.11. The number of benzene rings is 1. The van der Waals surface area contributed by atoms with Gasteiger partial charge in [0.25, 0.3) is 0 Å². The average Bonchev–Trinajstić information content (AvgIpc) is 2.43. The maximum atomic E-state index is 11.2. The number of halogens is 1. The van der Waals surface area contributed by atoms with Crippen molar-refractivity contribution < 1.29 is 9.53 Å². The summed E-state index contributed by atoms with van der Waals surface area (Å²) in [5.41, 5.74) is 8.95. The van der Waals surface area contributed by atoms with Gasteiger partial charge in [-0.05, 0) is 23.2 Å². The van der Waals surface area contributed by atoms with E-state index in [0.29, 0.717) is 5.03 Å². The molecule has 0 aliphatic rings. The van der Waals surface area contributed by atoms with Gasteiger partial charge in [0, 0.05) is 9.94 Å². The highest BCUT2D eigenvalue weighted by Crippen LogP contribution is 2.18. The van der Waals surface area contributed by atoms with Gasteiger partial charge in [0.1, 0.15) is 5.70 Å². The molecule has 0 fully saturated rings. The molecule has 0 heterocycles. The Balaban J connectivity index is 3.00. The summed E-state index contributed by atoms with van der Waals surface area (Å²) in [7, 11) is 1.20. The highest BCUT2D eigenvalue weighted by Gasteiger charge is 2.05. The van der Waals surface area contributed by atoms with E-state index in [1.54, 1.807) is 0 Å². The van der Waals surface area contributed by atoms with Crippen LogP contribution in [0.5, 0.6) is 0 Å². The van der Waals surface area contributed by atoms with Crippen LogP contribution in [-0.2, 0) is 9.53 Å². The molecule has 0 atom stereocenters. The second-order valence-corrected chi connectivity index (χ2v) is 3.52. The maximum absolute atomic E-state index is 11.2. The van der Waals surface area contributed by atoms with Crippen LogP contribution in [0.15, 0.2) is 53.3 Å². The quantitative estimate of drug-likeness (QED) is 0.208. The molecule has 0 saturated heterocycles. The molecule has 0 aromatic heterocycles. The number of esters is 1. The first-order valence-electron chi connectivity index (χ1n) is 4.95. The smallest absolute Gasteiger partial charge is 0.340 e. The van der Waals surface area contributed by atoms with Crippen molar-refractivity contribution in [2.75, 3.05) is 7.11 Å². The van der Waals surface area contributed by atoms with Gasteiger partial charge in [0.05, 0.1) is 7.11 Å². The van der Waals surface area contributed by atoms with Crippen molar-refractivity contribution in [2.24, 2.45) is 5.11 Å². The van der Waals surface area contributed by atoms with Gasteiger partial charge in [-0.2, -0.15) is 0 Å². The minimum Gasteiger partial charge on any atom is -0.466 e. The number of rotatable bonds is 4. The zero-order chi connectivity index (χ0) is 13.4. The normalized spacial score (nSPS) is 11.7. The van der Waals surface area contributed by atoms with E-state index in [4.69, 9.17) is 17.1 Å². The molecule has 0 radical (unpaired) electrons. The third-order valence-electron chi connectivity index (χ3n) is 1.98. The van der Waals surface area contributed by atoms with Crippen LogP contribution in [0.25, 0.3) is 15.5 Å². The number of carbonyl (C=O) groups is 1. The van der Waals surface area contributed by atoms with Crippen LogP contribution in [0, 0.1) is 0 Å². The van der Waals surface area contributed by atoms with Crippen LogP contribution in [0.4, 0.5) is 0 Å². The molecular formula is C12H10ClN3O2. The van der Waals surface area contributed by atoms with E-state index in [2.05, 4.69) is 14.8 Å². The number of methoxy groups -OCH3 is 1. The largest absolute Gasteiger partial charge is 0.466 e. The van der Waals surface area contributed by atoms with E-state index in [9.17, 15) is 4.79 Å². The summed E-state index contributed by atoms with van der Waals surface area (Å²) in [6.45, 7) is 0. The maximum Gasteiger partial charge on any atom is 0.340 e. The van der Waals surface area contributed by atoms with E-state index in [1.807, 2.05) is 30.3 Å². The molecule has 0 unspecified atom stereocenters. The minimum absolute atomic E-state index is 0.158. The van der Waals surface area contributed by atoms with Crippen molar-refractivity contribution in [3.63, 3.8) is 0 Å².